The molecule has 1 saturated heterocycles. The molecule has 0 saturated carbocycles. The fourth-order valence-electron chi connectivity index (χ4n) is 5.36. The van der Waals surface area contributed by atoms with E-state index in [-0.39, 0.29) is 18.3 Å². The molecular weight excluding hydrogens is 433 g/mol. The Labute approximate surface area is 220 Å². The van der Waals surface area contributed by atoms with Gasteiger partial charge in [-0.3, -0.25) is 0 Å². The van der Waals surface area contributed by atoms with Crippen LogP contribution in [0.2, 0.25) is 0 Å². The summed E-state index contributed by atoms with van der Waals surface area (Å²) in [5, 5.41) is 2.50. The molecule has 4 aromatic carbocycles. The first-order valence-corrected chi connectivity index (χ1v) is 13.0. The molecule has 0 atom stereocenters. The Morgan fingerprint density at radius 2 is 1.03 bits per heavy atom. The number of hydrogen-bond donors (Lipinski definition) is 0. The maximum atomic E-state index is 6.29. The van der Waals surface area contributed by atoms with Crippen LogP contribution in [0, 0.1) is 0 Å². The summed E-state index contributed by atoms with van der Waals surface area (Å²) in [7, 11) is 10.9. The maximum Gasteiger partial charge on any atom is 0.494 e. The Balaban J connectivity index is 1.51. The van der Waals surface area contributed by atoms with Crippen LogP contribution < -0.4 is 32.8 Å². The topological polar surface area (TPSA) is 18.5 Å². The van der Waals surface area contributed by atoms with Crippen LogP contribution in [0.1, 0.15) is 27.7 Å². The van der Waals surface area contributed by atoms with Crippen molar-refractivity contribution in [1.29, 1.82) is 0 Å². The van der Waals surface area contributed by atoms with Crippen molar-refractivity contribution >= 4 is 89.9 Å². The van der Waals surface area contributed by atoms with Gasteiger partial charge in [0.15, 0.2) is 0 Å². The predicted molar refractivity (Wildman–Crippen MR) is 171 cm³/mol. The first kappa shape index (κ1) is 25.1. The van der Waals surface area contributed by atoms with Gasteiger partial charge in [-0.05, 0) is 78.3 Å². The van der Waals surface area contributed by atoms with Gasteiger partial charge in [-0.15, -0.1) is 16.4 Å². The van der Waals surface area contributed by atoms with Crippen molar-refractivity contribution in [2.24, 2.45) is 0 Å². The fraction of sp³-hybridized carbons (Fsp3) is 0.214. The SMILES string of the molecule is Bc1c(B)c(B)c(-c2ccc3cc(-c4cccc(B5OC(C)(C)C(C)(C)O5)c4)ccc3c2)c(B)c1B. The second-order valence-electron chi connectivity index (χ2n) is 11.5. The van der Waals surface area contributed by atoms with Crippen LogP contribution in [-0.2, 0) is 9.31 Å². The molecule has 36 heavy (non-hydrogen) atoms. The summed E-state index contributed by atoms with van der Waals surface area (Å²) in [6.07, 6.45) is 0. The lowest BCUT2D eigenvalue weighted by atomic mass is 9.59. The number of hydrogen-bond acceptors (Lipinski definition) is 2. The smallest absolute Gasteiger partial charge is 0.399 e. The highest BCUT2D eigenvalue weighted by molar-refractivity contribution is 6.68. The molecule has 1 heterocycles. The molecule has 0 N–H and O–H groups in total. The highest BCUT2D eigenvalue weighted by Gasteiger charge is 2.51. The lowest BCUT2D eigenvalue weighted by Gasteiger charge is -2.32. The quantitative estimate of drug-likeness (QED) is 0.319. The van der Waals surface area contributed by atoms with Crippen LogP contribution >= 0.6 is 0 Å². The van der Waals surface area contributed by atoms with Gasteiger partial charge in [-0.1, -0.05) is 59.5 Å². The van der Waals surface area contributed by atoms with Crippen LogP contribution in [0.3, 0.4) is 0 Å². The fourth-order valence-corrected chi connectivity index (χ4v) is 5.36. The molecule has 4 aromatic rings. The minimum Gasteiger partial charge on any atom is -0.399 e. The minimum atomic E-state index is -0.356. The second kappa shape index (κ2) is 8.78. The molecule has 1 aliphatic rings. The molecule has 1 aliphatic heterocycles. The molecule has 0 radical (unpaired) electrons. The zero-order valence-electron chi connectivity index (χ0n) is 23.2. The summed E-state index contributed by atoms with van der Waals surface area (Å²) in [6, 6.07) is 22.2. The highest BCUT2D eigenvalue weighted by atomic mass is 16.7. The van der Waals surface area contributed by atoms with E-state index >= 15 is 0 Å². The molecule has 8 heteroatoms. The third-order valence-corrected chi connectivity index (χ3v) is 8.87. The van der Waals surface area contributed by atoms with E-state index in [0.717, 1.165) is 5.46 Å². The van der Waals surface area contributed by atoms with Crippen molar-refractivity contribution in [3.05, 3.63) is 60.7 Å². The van der Waals surface area contributed by atoms with Crippen molar-refractivity contribution in [2.75, 3.05) is 0 Å². The van der Waals surface area contributed by atoms with Gasteiger partial charge < -0.3 is 9.31 Å². The van der Waals surface area contributed by atoms with Crippen LogP contribution in [0.5, 0.6) is 0 Å². The first-order chi connectivity index (χ1) is 16.9. The predicted octanol–water partition coefficient (Wildman–Crippen LogP) is -2.23. The van der Waals surface area contributed by atoms with Gasteiger partial charge in [-0.2, -0.15) is 0 Å². The van der Waals surface area contributed by atoms with E-state index in [2.05, 4.69) is 128 Å². The van der Waals surface area contributed by atoms with Gasteiger partial charge in [0.05, 0.1) is 11.2 Å². The van der Waals surface area contributed by atoms with E-state index in [1.807, 2.05) is 0 Å². The number of benzene rings is 4. The zero-order valence-corrected chi connectivity index (χ0v) is 23.2. The summed E-state index contributed by atoms with van der Waals surface area (Å²) >= 11 is 0. The normalized spacial score (nSPS) is 16.5. The van der Waals surface area contributed by atoms with E-state index in [1.165, 1.54) is 60.3 Å². The Hall–Kier alpha value is -2.55. The third-order valence-electron chi connectivity index (χ3n) is 8.87. The van der Waals surface area contributed by atoms with Crippen molar-refractivity contribution in [2.45, 2.75) is 38.9 Å². The van der Waals surface area contributed by atoms with Gasteiger partial charge in [0.1, 0.15) is 39.2 Å². The molecule has 0 bridgehead atoms. The monoisotopic (exact) mass is 466 g/mol. The molecular formula is C28H32B6O2. The zero-order chi connectivity index (χ0) is 26.0. The highest BCUT2D eigenvalue weighted by Crippen LogP contribution is 2.37. The van der Waals surface area contributed by atoms with E-state index in [9.17, 15) is 0 Å². The number of rotatable bonds is 3. The van der Waals surface area contributed by atoms with Crippen LogP contribution in [-0.4, -0.2) is 57.6 Å². The standard InChI is InChI=1S/C28H32B6O2/c1-27(2)28(3,4)36-34(35-27)20-7-5-6-15(14-20)16-8-9-18-13-19(11-10-17(18)12-16)21-22(29)24(31)26(33)25(32)23(21)30/h5-14H,29-33H2,1-4H3. The summed E-state index contributed by atoms with van der Waals surface area (Å²) < 4.78 is 12.6. The lowest BCUT2D eigenvalue weighted by molar-refractivity contribution is 0.00578. The molecule has 0 unspecified atom stereocenters. The Kier molecular flexibility index (Phi) is 6.13. The molecule has 0 spiro atoms. The molecule has 0 aliphatic carbocycles. The second-order valence-corrected chi connectivity index (χ2v) is 11.5. The third kappa shape index (κ3) is 4.09. The minimum absolute atomic E-state index is 0.348. The average Bonchev–Trinajstić information content (AvgIpc) is 3.08. The van der Waals surface area contributed by atoms with Gasteiger partial charge in [0.25, 0.3) is 0 Å². The van der Waals surface area contributed by atoms with E-state index < -0.39 is 0 Å². The van der Waals surface area contributed by atoms with Crippen LogP contribution in [0.15, 0.2) is 60.7 Å². The van der Waals surface area contributed by atoms with Crippen molar-refractivity contribution in [3.8, 4) is 22.3 Å². The summed E-state index contributed by atoms with van der Waals surface area (Å²) in [5.41, 5.74) is 12.3. The molecule has 5 rings (SSSR count). The Morgan fingerprint density at radius 3 is 1.61 bits per heavy atom. The Bertz CT molecular complexity index is 1470. The number of fused-ring (bicyclic) bond motifs is 1. The van der Waals surface area contributed by atoms with Crippen LogP contribution in [0.4, 0.5) is 0 Å². The van der Waals surface area contributed by atoms with Gasteiger partial charge >= 0.3 is 7.12 Å². The van der Waals surface area contributed by atoms with E-state index in [4.69, 9.17) is 9.31 Å². The van der Waals surface area contributed by atoms with Crippen molar-refractivity contribution in [1.82, 2.24) is 0 Å². The largest absolute Gasteiger partial charge is 0.494 e. The molecule has 174 valence electrons. The van der Waals surface area contributed by atoms with Crippen molar-refractivity contribution < 1.29 is 9.31 Å². The summed E-state index contributed by atoms with van der Waals surface area (Å²) in [5.74, 6) is 0. The average molecular weight is 465 g/mol. The van der Waals surface area contributed by atoms with Crippen molar-refractivity contribution in [3.63, 3.8) is 0 Å². The van der Waals surface area contributed by atoms with E-state index in [0.29, 0.717) is 0 Å². The lowest BCUT2D eigenvalue weighted by Crippen LogP contribution is -2.55. The summed E-state index contributed by atoms with van der Waals surface area (Å²) in [4.78, 5) is 0. The summed E-state index contributed by atoms with van der Waals surface area (Å²) in [6.45, 7) is 8.38. The molecule has 0 aromatic heterocycles. The Morgan fingerprint density at radius 1 is 0.556 bits per heavy atom. The molecule has 0 amide bonds. The van der Waals surface area contributed by atoms with E-state index in [1.54, 1.807) is 0 Å². The van der Waals surface area contributed by atoms with Gasteiger partial charge in [-0.25, -0.2) is 0 Å². The van der Waals surface area contributed by atoms with Gasteiger partial charge in [0, 0.05) is 0 Å². The maximum absolute atomic E-state index is 6.29. The molecule has 2 nitrogen and oxygen atoms in total. The molecule has 1 fully saturated rings. The van der Waals surface area contributed by atoms with Crippen LogP contribution in [0.25, 0.3) is 33.0 Å². The first-order valence-electron chi connectivity index (χ1n) is 13.0. The van der Waals surface area contributed by atoms with Gasteiger partial charge in [0.2, 0.25) is 0 Å².